The molecule has 1 amide bonds. The Bertz CT molecular complexity index is 1500. The molecule has 0 radical (unpaired) electrons. The average molecular weight is 451 g/mol. The molecule has 0 aliphatic rings. The summed E-state index contributed by atoms with van der Waals surface area (Å²) in [6.45, 7) is 0. The Hall–Kier alpha value is -4.65. The van der Waals surface area contributed by atoms with Gasteiger partial charge in [-0.15, -0.1) is 0 Å². The van der Waals surface area contributed by atoms with Crippen LogP contribution in [0.15, 0.2) is 85.2 Å². The zero-order chi connectivity index (χ0) is 23.5. The minimum Gasteiger partial charge on any atom is -0.493 e. The van der Waals surface area contributed by atoms with Crippen molar-refractivity contribution < 1.29 is 19.0 Å². The van der Waals surface area contributed by atoms with Gasteiger partial charge in [0.1, 0.15) is 17.2 Å². The quantitative estimate of drug-likeness (QED) is 0.349. The first-order chi connectivity index (χ1) is 16.7. The number of carbonyl (C=O) groups excluding carboxylic acids is 1. The predicted octanol–water partition coefficient (Wildman–Crippen LogP) is 5.84. The van der Waals surface area contributed by atoms with E-state index in [9.17, 15) is 4.79 Å². The van der Waals surface area contributed by atoms with Gasteiger partial charge in [-0.3, -0.25) is 14.8 Å². The molecule has 0 unspecified atom stereocenters. The summed E-state index contributed by atoms with van der Waals surface area (Å²) in [5.74, 6) is 2.24. The number of hydrogen-bond donors (Lipinski definition) is 1. The summed E-state index contributed by atoms with van der Waals surface area (Å²) in [7, 11) is 3.18. The molecule has 3 aromatic carbocycles. The van der Waals surface area contributed by atoms with Gasteiger partial charge in [-0.2, -0.15) is 0 Å². The number of aromatic nitrogens is 2. The lowest BCUT2D eigenvalue weighted by atomic mass is 10.1. The summed E-state index contributed by atoms with van der Waals surface area (Å²) in [5, 5.41) is 5.56. The van der Waals surface area contributed by atoms with Crippen molar-refractivity contribution in [3.8, 4) is 23.0 Å². The Balaban J connectivity index is 1.47. The van der Waals surface area contributed by atoms with E-state index >= 15 is 0 Å². The van der Waals surface area contributed by atoms with E-state index in [1.54, 1.807) is 44.8 Å². The van der Waals surface area contributed by atoms with E-state index in [0.29, 0.717) is 34.4 Å². The third kappa shape index (κ3) is 4.06. The third-order valence-electron chi connectivity index (χ3n) is 5.43. The third-order valence-corrected chi connectivity index (χ3v) is 5.43. The van der Waals surface area contributed by atoms with E-state index in [1.165, 1.54) is 0 Å². The summed E-state index contributed by atoms with van der Waals surface area (Å²) in [5.41, 5.74) is 1.79. The van der Waals surface area contributed by atoms with Gasteiger partial charge in [0.25, 0.3) is 5.91 Å². The number of nitrogens with one attached hydrogen (secondary N) is 1. The fourth-order valence-corrected chi connectivity index (χ4v) is 3.78. The summed E-state index contributed by atoms with van der Waals surface area (Å²) in [4.78, 5) is 21.1. The Morgan fingerprint density at radius 2 is 1.62 bits per heavy atom. The van der Waals surface area contributed by atoms with Crippen molar-refractivity contribution in [3.05, 3.63) is 90.9 Å². The smallest absolute Gasteiger partial charge is 0.274 e. The van der Waals surface area contributed by atoms with E-state index in [0.717, 1.165) is 21.7 Å². The van der Waals surface area contributed by atoms with Crippen molar-refractivity contribution >= 4 is 33.3 Å². The molecule has 0 aliphatic heterocycles. The maximum atomic E-state index is 12.6. The monoisotopic (exact) mass is 451 g/mol. The number of methoxy groups -OCH3 is 2. The van der Waals surface area contributed by atoms with Gasteiger partial charge in [-0.25, -0.2) is 0 Å². The number of nitrogens with zero attached hydrogens (tertiary/aromatic N) is 2. The molecule has 0 atom stereocenters. The van der Waals surface area contributed by atoms with Crippen molar-refractivity contribution in [1.29, 1.82) is 0 Å². The molecule has 168 valence electrons. The second-order valence-corrected chi connectivity index (χ2v) is 7.49. The van der Waals surface area contributed by atoms with Crippen LogP contribution in [-0.2, 0) is 0 Å². The van der Waals surface area contributed by atoms with E-state index in [4.69, 9.17) is 14.2 Å². The highest BCUT2D eigenvalue weighted by Crippen LogP contribution is 2.37. The molecule has 2 heterocycles. The Morgan fingerprint density at radius 3 is 2.41 bits per heavy atom. The van der Waals surface area contributed by atoms with Gasteiger partial charge in [0.15, 0.2) is 11.5 Å². The van der Waals surface area contributed by atoms with Gasteiger partial charge in [0.05, 0.1) is 19.7 Å². The number of benzene rings is 3. The predicted molar refractivity (Wildman–Crippen MR) is 131 cm³/mol. The number of anilines is 1. The molecule has 0 spiro atoms. The number of amides is 1. The van der Waals surface area contributed by atoms with Crippen LogP contribution in [0.4, 0.5) is 5.69 Å². The fourth-order valence-electron chi connectivity index (χ4n) is 3.78. The van der Waals surface area contributed by atoms with Crippen LogP contribution >= 0.6 is 0 Å². The highest BCUT2D eigenvalue weighted by atomic mass is 16.5. The molecular weight excluding hydrogens is 430 g/mol. The molecule has 1 N–H and O–H groups in total. The highest BCUT2D eigenvalue weighted by molar-refractivity contribution is 6.08. The van der Waals surface area contributed by atoms with Gasteiger partial charge < -0.3 is 19.5 Å². The van der Waals surface area contributed by atoms with Gasteiger partial charge in [-0.05, 0) is 53.9 Å². The molecule has 34 heavy (non-hydrogen) atoms. The maximum absolute atomic E-state index is 12.6. The maximum Gasteiger partial charge on any atom is 0.274 e. The minimum absolute atomic E-state index is 0.263. The fraction of sp³-hybridized carbons (Fsp3) is 0.0741. The van der Waals surface area contributed by atoms with Crippen molar-refractivity contribution in [2.75, 3.05) is 19.5 Å². The molecule has 0 saturated carbocycles. The van der Waals surface area contributed by atoms with Gasteiger partial charge in [0.2, 0.25) is 0 Å². The van der Waals surface area contributed by atoms with Crippen LogP contribution in [0.25, 0.3) is 21.7 Å². The van der Waals surface area contributed by atoms with Crippen LogP contribution in [0.5, 0.6) is 23.0 Å². The minimum atomic E-state index is -0.263. The summed E-state index contributed by atoms with van der Waals surface area (Å²) in [6, 6.07) is 22.1. The molecule has 5 aromatic rings. The number of pyridine rings is 2. The molecule has 7 nitrogen and oxygen atoms in total. The lowest BCUT2D eigenvalue weighted by Gasteiger charge is -2.13. The summed E-state index contributed by atoms with van der Waals surface area (Å²) in [6.07, 6.45) is 3.28. The van der Waals surface area contributed by atoms with E-state index in [-0.39, 0.29) is 5.91 Å². The number of rotatable bonds is 6. The van der Waals surface area contributed by atoms with Crippen LogP contribution in [0.1, 0.15) is 10.5 Å². The van der Waals surface area contributed by atoms with Gasteiger partial charge in [-0.1, -0.05) is 18.2 Å². The molecular formula is C27H21N3O4. The van der Waals surface area contributed by atoms with Crippen LogP contribution in [0.3, 0.4) is 0 Å². The van der Waals surface area contributed by atoms with Crippen molar-refractivity contribution in [2.45, 2.75) is 0 Å². The van der Waals surface area contributed by atoms with Gasteiger partial charge >= 0.3 is 0 Å². The number of carbonyl (C=O) groups is 1. The van der Waals surface area contributed by atoms with Crippen LogP contribution in [-0.4, -0.2) is 30.1 Å². The normalized spacial score (nSPS) is 10.8. The molecule has 7 heteroatoms. The zero-order valence-electron chi connectivity index (χ0n) is 18.6. The van der Waals surface area contributed by atoms with E-state index in [2.05, 4.69) is 15.3 Å². The Labute approximate surface area is 195 Å². The molecule has 2 aromatic heterocycles. The Kier molecular flexibility index (Phi) is 5.66. The number of ether oxygens (including phenoxy) is 3. The highest BCUT2D eigenvalue weighted by Gasteiger charge is 2.13. The van der Waals surface area contributed by atoms with Crippen molar-refractivity contribution in [1.82, 2.24) is 9.97 Å². The lowest BCUT2D eigenvalue weighted by Crippen LogP contribution is -2.13. The number of hydrogen-bond acceptors (Lipinski definition) is 6. The van der Waals surface area contributed by atoms with Gasteiger partial charge in [0, 0.05) is 34.9 Å². The molecule has 0 fully saturated rings. The van der Waals surface area contributed by atoms with Crippen LogP contribution in [0, 0.1) is 0 Å². The first-order valence-electron chi connectivity index (χ1n) is 10.6. The molecule has 0 aliphatic carbocycles. The second-order valence-electron chi connectivity index (χ2n) is 7.49. The first-order valence-corrected chi connectivity index (χ1v) is 10.6. The SMILES string of the molecule is COc1cc2nccc(Oc3ccc4c(NC(=O)c5ccccn5)cccc4c3)c2cc1OC. The van der Waals surface area contributed by atoms with Crippen LogP contribution in [0.2, 0.25) is 0 Å². The average Bonchev–Trinajstić information content (AvgIpc) is 2.88. The molecule has 5 rings (SSSR count). The molecule has 0 bridgehead atoms. The largest absolute Gasteiger partial charge is 0.493 e. The lowest BCUT2D eigenvalue weighted by molar-refractivity contribution is 0.102. The summed E-state index contributed by atoms with van der Waals surface area (Å²) < 4.78 is 17.0. The van der Waals surface area contributed by atoms with Crippen molar-refractivity contribution in [3.63, 3.8) is 0 Å². The topological polar surface area (TPSA) is 82.6 Å². The van der Waals surface area contributed by atoms with E-state index < -0.39 is 0 Å². The number of fused-ring (bicyclic) bond motifs is 2. The first kappa shape index (κ1) is 21.2. The summed E-state index contributed by atoms with van der Waals surface area (Å²) >= 11 is 0. The second kappa shape index (κ2) is 9.07. The van der Waals surface area contributed by atoms with E-state index in [1.807, 2.05) is 54.6 Å². The zero-order valence-corrected chi connectivity index (χ0v) is 18.6. The standard InChI is InChI=1S/C27H21N3O4/c1-32-25-15-20-23(16-26(25)33-2)29-13-11-24(20)34-18-9-10-19-17(14-18)6-5-8-21(19)30-27(31)22-7-3-4-12-28-22/h3-16H,1-2H3,(H,30,31). The van der Waals surface area contributed by atoms with Crippen molar-refractivity contribution in [2.24, 2.45) is 0 Å². The molecule has 0 saturated heterocycles. The Morgan fingerprint density at radius 1 is 0.765 bits per heavy atom. The van der Waals surface area contributed by atoms with Crippen LogP contribution < -0.4 is 19.5 Å².